The molecule has 0 spiro atoms. The maximum Gasteiger partial charge on any atom is 0.259 e. The molecular weight excluding hydrogens is 308 g/mol. The number of carbonyl (C=O) groups excluding carboxylic acids is 3. The lowest BCUT2D eigenvalue weighted by Crippen LogP contribution is -2.36. The Balaban J connectivity index is 1.68. The summed E-state index contributed by atoms with van der Waals surface area (Å²) in [5.41, 5.74) is 3.49. The van der Waals surface area contributed by atoms with Crippen molar-refractivity contribution in [1.82, 2.24) is 10.4 Å². The average molecular weight is 320 g/mol. The fourth-order valence-electron chi connectivity index (χ4n) is 2.95. The summed E-state index contributed by atoms with van der Waals surface area (Å²) in [4.78, 5) is 42.9. The number of aromatic nitrogens is 1. The molecule has 0 aliphatic carbocycles. The Labute approximate surface area is 137 Å². The number of hydrazone groups is 1. The molecule has 7 heteroatoms. The Morgan fingerprint density at radius 2 is 1.83 bits per heavy atom. The van der Waals surface area contributed by atoms with Crippen LogP contribution >= 0.6 is 0 Å². The van der Waals surface area contributed by atoms with Gasteiger partial charge in [-0.15, -0.1) is 0 Å². The quantitative estimate of drug-likeness (QED) is 0.666. The largest absolute Gasteiger partial charge is 0.296 e. The highest BCUT2D eigenvalue weighted by atomic mass is 16.2. The fraction of sp³-hybridized carbons (Fsp3) is 0.118. The van der Waals surface area contributed by atoms with Crippen LogP contribution in [0.3, 0.4) is 0 Å². The number of ketones is 1. The number of nitrogens with zero attached hydrogens (tertiary/aromatic N) is 3. The minimum Gasteiger partial charge on any atom is -0.296 e. The molecule has 1 saturated heterocycles. The number of anilines is 1. The van der Waals surface area contributed by atoms with E-state index in [1.165, 1.54) is 6.20 Å². The summed E-state index contributed by atoms with van der Waals surface area (Å²) in [5, 5.41) is 3.95. The SMILES string of the molecule is O=C(C1=NN[C@@H]2C(=O)N(c3ccccc3)C(=O)[C@@H]12)c1cccnc1. The number of amides is 2. The molecular formula is C17H12N4O3. The summed E-state index contributed by atoms with van der Waals surface area (Å²) in [6.07, 6.45) is 2.96. The topological polar surface area (TPSA) is 91.7 Å². The highest BCUT2D eigenvalue weighted by Crippen LogP contribution is 2.31. The van der Waals surface area contributed by atoms with Crippen molar-refractivity contribution in [3.63, 3.8) is 0 Å². The number of fused-ring (bicyclic) bond motifs is 1. The van der Waals surface area contributed by atoms with Crippen LogP contribution in [0.15, 0.2) is 60.0 Å². The van der Waals surface area contributed by atoms with Gasteiger partial charge >= 0.3 is 0 Å². The summed E-state index contributed by atoms with van der Waals surface area (Å²) in [7, 11) is 0. The third kappa shape index (κ3) is 2.02. The Hall–Kier alpha value is -3.35. The minimum atomic E-state index is -0.912. The molecule has 4 rings (SSSR count). The van der Waals surface area contributed by atoms with Crippen LogP contribution in [-0.4, -0.2) is 34.3 Å². The smallest absolute Gasteiger partial charge is 0.259 e. The molecule has 2 aliphatic rings. The molecule has 1 N–H and O–H groups in total. The molecule has 0 saturated carbocycles. The van der Waals surface area contributed by atoms with Crippen molar-refractivity contribution >= 4 is 29.0 Å². The van der Waals surface area contributed by atoms with Gasteiger partial charge in [-0.1, -0.05) is 18.2 Å². The summed E-state index contributed by atoms with van der Waals surface area (Å²) in [5.74, 6) is -2.17. The first-order valence-electron chi connectivity index (χ1n) is 7.39. The summed E-state index contributed by atoms with van der Waals surface area (Å²) >= 11 is 0. The predicted octanol–water partition coefficient (Wildman–Crippen LogP) is 0.782. The zero-order valence-corrected chi connectivity index (χ0v) is 12.4. The zero-order valence-electron chi connectivity index (χ0n) is 12.4. The number of benzene rings is 1. The number of Topliss-reactive ketones (excluding diaryl/α,β-unsaturated/α-hetero) is 1. The van der Waals surface area contributed by atoms with E-state index < -0.39 is 29.6 Å². The molecule has 24 heavy (non-hydrogen) atoms. The van der Waals surface area contributed by atoms with Gasteiger partial charge < -0.3 is 0 Å². The second-order valence-corrected chi connectivity index (χ2v) is 5.50. The van der Waals surface area contributed by atoms with E-state index in [4.69, 9.17) is 0 Å². The Morgan fingerprint density at radius 1 is 1.04 bits per heavy atom. The lowest BCUT2D eigenvalue weighted by Gasteiger charge is -2.15. The average Bonchev–Trinajstić information content (AvgIpc) is 3.17. The Morgan fingerprint density at radius 3 is 2.54 bits per heavy atom. The maximum atomic E-state index is 12.8. The van der Waals surface area contributed by atoms with Crippen molar-refractivity contribution in [2.75, 3.05) is 4.90 Å². The lowest BCUT2D eigenvalue weighted by atomic mass is 9.93. The normalized spacial score (nSPS) is 22.2. The van der Waals surface area contributed by atoms with Crippen LogP contribution in [0.1, 0.15) is 10.4 Å². The second kappa shape index (κ2) is 5.38. The second-order valence-electron chi connectivity index (χ2n) is 5.50. The molecule has 0 unspecified atom stereocenters. The number of carbonyl (C=O) groups is 3. The van der Waals surface area contributed by atoms with Gasteiger partial charge in [0.25, 0.3) is 5.91 Å². The van der Waals surface area contributed by atoms with E-state index in [0.29, 0.717) is 11.3 Å². The predicted molar refractivity (Wildman–Crippen MR) is 85.4 cm³/mol. The molecule has 2 aromatic rings. The van der Waals surface area contributed by atoms with E-state index >= 15 is 0 Å². The lowest BCUT2D eigenvalue weighted by molar-refractivity contribution is -0.122. The highest BCUT2D eigenvalue weighted by molar-refractivity contribution is 6.52. The van der Waals surface area contributed by atoms with E-state index in [0.717, 1.165) is 4.90 Å². The molecule has 7 nitrogen and oxygen atoms in total. The van der Waals surface area contributed by atoms with Crippen LogP contribution in [0.5, 0.6) is 0 Å². The molecule has 3 heterocycles. The molecule has 0 bridgehead atoms. The Kier molecular flexibility index (Phi) is 3.19. The number of para-hydroxylation sites is 1. The van der Waals surface area contributed by atoms with Gasteiger partial charge in [0.05, 0.1) is 5.69 Å². The van der Waals surface area contributed by atoms with E-state index in [2.05, 4.69) is 15.5 Å². The maximum absolute atomic E-state index is 12.8. The third-order valence-electron chi connectivity index (χ3n) is 4.10. The first-order chi connectivity index (χ1) is 11.7. The van der Waals surface area contributed by atoms with Gasteiger partial charge in [-0.2, -0.15) is 5.10 Å². The van der Waals surface area contributed by atoms with Crippen molar-refractivity contribution in [3.05, 3.63) is 60.4 Å². The van der Waals surface area contributed by atoms with Crippen LogP contribution in [-0.2, 0) is 9.59 Å². The molecule has 2 atom stereocenters. The molecule has 1 aromatic carbocycles. The highest BCUT2D eigenvalue weighted by Gasteiger charge is 2.55. The van der Waals surface area contributed by atoms with Crippen LogP contribution in [0.4, 0.5) is 5.69 Å². The first kappa shape index (κ1) is 14.3. The van der Waals surface area contributed by atoms with Gasteiger partial charge in [0.15, 0.2) is 0 Å². The van der Waals surface area contributed by atoms with Crippen molar-refractivity contribution in [2.24, 2.45) is 11.0 Å². The monoisotopic (exact) mass is 320 g/mol. The van der Waals surface area contributed by atoms with Gasteiger partial charge in [-0.25, -0.2) is 4.90 Å². The van der Waals surface area contributed by atoms with Gasteiger partial charge in [-0.05, 0) is 24.3 Å². The third-order valence-corrected chi connectivity index (χ3v) is 4.10. The van der Waals surface area contributed by atoms with Crippen molar-refractivity contribution in [3.8, 4) is 0 Å². The molecule has 1 aromatic heterocycles. The van der Waals surface area contributed by atoms with Gasteiger partial charge in [-0.3, -0.25) is 24.8 Å². The molecule has 2 amide bonds. The van der Waals surface area contributed by atoms with Crippen LogP contribution in [0.2, 0.25) is 0 Å². The number of imide groups is 1. The van der Waals surface area contributed by atoms with E-state index in [1.807, 2.05) is 0 Å². The number of nitrogens with one attached hydrogen (secondary N) is 1. The van der Waals surface area contributed by atoms with Crippen molar-refractivity contribution < 1.29 is 14.4 Å². The fourth-order valence-corrected chi connectivity index (χ4v) is 2.95. The van der Waals surface area contributed by atoms with E-state index in [9.17, 15) is 14.4 Å². The molecule has 2 aliphatic heterocycles. The zero-order chi connectivity index (χ0) is 16.7. The summed E-state index contributed by atoms with van der Waals surface area (Å²) in [6, 6.07) is 11.0. The number of hydrogen-bond acceptors (Lipinski definition) is 6. The van der Waals surface area contributed by atoms with E-state index in [-0.39, 0.29) is 5.71 Å². The van der Waals surface area contributed by atoms with Crippen molar-refractivity contribution in [2.45, 2.75) is 6.04 Å². The number of pyridine rings is 1. The summed E-state index contributed by atoms with van der Waals surface area (Å²) < 4.78 is 0. The number of hydrogen-bond donors (Lipinski definition) is 1. The van der Waals surface area contributed by atoms with Gasteiger partial charge in [0.1, 0.15) is 17.7 Å². The van der Waals surface area contributed by atoms with Crippen LogP contribution in [0.25, 0.3) is 0 Å². The molecule has 0 radical (unpaired) electrons. The van der Waals surface area contributed by atoms with Gasteiger partial charge in [0.2, 0.25) is 11.7 Å². The van der Waals surface area contributed by atoms with Crippen LogP contribution < -0.4 is 10.3 Å². The minimum absolute atomic E-state index is 0.0461. The van der Waals surface area contributed by atoms with Crippen LogP contribution in [0, 0.1) is 5.92 Å². The standard InChI is InChI=1S/C17H12N4O3/c22-15(10-5-4-8-18-9-10)13-12-14(20-19-13)17(24)21(16(12)23)11-6-2-1-3-7-11/h1-9,12,14,20H/t12-,14-/m0/s1. The number of rotatable bonds is 3. The Bertz CT molecular complexity index is 864. The molecule has 118 valence electrons. The molecule has 1 fully saturated rings. The van der Waals surface area contributed by atoms with Crippen molar-refractivity contribution in [1.29, 1.82) is 0 Å². The first-order valence-corrected chi connectivity index (χ1v) is 7.39. The summed E-state index contributed by atoms with van der Waals surface area (Å²) in [6.45, 7) is 0. The van der Waals surface area contributed by atoms with Gasteiger partial charge in [0, 0.05) is 18.0 Å². The van der Waals surface area contributed by atoms with E-state index in [1.54, 1.807) is 48.7 Å².